The number of rotatable bonds is 12. The average Bonchev–Trinajstić information content (AvgIpc) is 1.49. The quantitative estimate of drug-likeness (QED) is 0.114. The SMILES string of the molecule is c1ccc(-c2ccccc2-c2ccc3c(c2-c2ccccc2-c2ccccc2)-c2c(-c4ccccc4-c4ccccc4)c(-c4ccccc4-c4ccccc4)c(-c4ccccc4-c4ccccc4)c(-c4ccccc4-c4ccccc4)c2C32c3ccccc3-c3ccccc32)cc1. The molecule has 452 valence electrons. The van der Waals surface area contributed by atoms with Crippen molar-refractivity contribution < 1.29 is 0 Å². The third kappa shape index (κ3) is 9.28. The van der Waals surface area contributed by atoms with Gasteiger partial charge in [0, 0.05) is 0 Å². The largest absolute Gasteiger partial charge is 0.0732 e. The third-order valence-electron chi connectivity index (χ3n) is 20.4. The lowest BCUT2D eigenvalue weighted by atomic mass is 9.65. The van der Waals surface area contributed by atoms with Crippen molar-refractivity contribution in [3.05, 3.63) is 411 Å². The van der Waals surface area contributed by atoms with E-state index in [0.717, 1.165) is 111 Å². The predicted molar refractivity (Wildman–Crippen MR) is 408 cm³/mol. The second-order valence-corrected chi connectivity index (χ2v) is 25.5. The van der Waals surface area contributed by atoms with Gasteiger partial charge in [-0.15, -0.1) is 0 Å². The summed E-state index contributed by atoms with van der Waals surface area (Å²) in [6, 6.07) is 146. The smallest absolute Gasteiger partial charge is 0.0622 e. The van der Waals surface area contributed by atoms with Gasteiger partial charge in [-0.3, -0.25) is 0 Å². The molecule has 0 radical (unpaired) electrons. The molecule has 0 nitrogen and oxygen atoms in total. The van der Waals surface area contributed by atoms with Crippen molar-refractivity contribution in [2.75, 3.05) is 0 Å². The maximum absolute atomic E-state index is 2.56. The Morgan fingerprint density at radius 2 is 0.340 bits per heavy atom. The lowest BCUT2D eigenvalue weighted by Crippen LogP contribution is -2.27. The summed E-state index contributed by atoms with van der Waals surface area (Å²) in [6.07, 6.45) is 0. The molecule has 0 fully saturated rings. The molecular weight excluding hydrogens is 1170 g/mol. The molecule has 0 heteroatoms. The second kappa shape index (κ2) is 24.1. The van der Waals surface area contributed by atoms with E-state index in [-0.39, 0.29) is 0 Å². The van der Waals surface area contributed by atoms with Crippen LogP contribution in [0.2, 0.25) is 0 Å². The van der Waals surface area contributed by atoms with E-state index < -0.39 is 5.41 Å². The topological polar surface area (TPSA) is 0 Å². The fourth-order valence-corrected chi connectivity index (χ4v) is 16.5. The van der Waals surface area contributed by atoms with E-state index in [9.17, 15) is 0 Å². The van der Waals surface area contributed by atoms with Gasteiger partial charge in [0.05, 0.1) is 5.41 Å². The van der Waals surface area contributed by atoms with Gasteiger partial charge < -0.3 is 0 Å². The molecule has 16 aromatic carbocycles. The first-order chi connectivity index (χ1) is 48.2. The summed E-state index contributed by atoms with van der Waals surface area (Å²) in [6.45, 7) is 0. The van der Waals surface area contributed by atoms with Crippen LogP contribution in [0, 0.1) is 0 Å². The number of benzene rings is 16. The van der Waals surface area contributed by atoms with Crippen LogP contribution >= 0.6 is 0 Å². The molecule has 0 heterocycles. The van der Waals surface area contributed by atoms with Gasteiger partial charge in [-0.1, -0.05) is 388 Å². The Hall–Kier alpha value is -12.5. The Morgan fingerprint density at radius 3 is 0.670 bits per heavy atom. The van der Waals surface area contributed by atoms with Crippen molar-refractivity contribution in [3.8, 4) is 156 Å². The summed E-state index contributed by atoms with van der Waals surface area (Å²) in [5.41, 5.74) is 36.7. The molecule has 97 heavy (non-hydrogen) atoms. The fourth-order valence-electron chi connectivity index (χ4n) is 16.5. The van der Waals surface area contributed by atoms with E-state index in [1.54, 1.807) is 0 Å². The van der Waals surface area contributed by atoms with E-state index in [2.05, 4.69) is 388 Å². The van der Waals surface area contributed by atoms with Crippen LogP contribution in [0.25, 0.3) is 156 Å². The lowest BCUT2D eigenvalue weighted by Gasteiger charge is -2.36. The summed E-state index contributed by atoms with van der Waals surface area (Å²) in [7, 11) is 0. The molecule has 1 spiro atoms. The van der Waals surface area contributed by atoms with Crippen LogP contribution in [-0.2, 0) is 5.41 Å². The van der Waals surface area contributed by atoms with Crippen molar-refractivity contribution in [1.29, 1.82) is 0 Å². The monoisotopic (exact) mass is 1230 g/mol. The molecule has 2 aliphatic carbocycles. The van der Waals surface area contributed by atoms with Gasteiger partial charge in [-0.2, -0.15) is 0 Å². The van der Waals surface area contributed by atoms with Crippen LogP contribution in [0.3, 0.4) is 0 Å². The maximum Gasteiger partial charge on any atom is 0.0732 e. The minimum Gasteiger partial charge on any atom is -0.0622 e. The molecule has 0 saturated carbocycles. The lowest BCUT2D eigenvalue weighted by molar-refractivity contribution is 0.796. The number of hydrogen-bond acceptors (Lipinski definition) is 0. The van der Waals surface area contributed by atoms with E-state index >= 15 is 0 Å². The third-order valence-corrected chi connectivity index (χ3v) is 20.4. The van der Waals surface area contributed by atoms with Gasteiger partial charge in [0.1, 0.15) is 0 Å². The highest BCUT2D eigenvalue weighted by Crippen LogP contribution is 2.72. The first-order valence-electron chi connectivity index (χ1n) is 33.7. The first kappa shape index (κ1) is 57.2. The van der Waals surface area contributed by atoms with Gasteiger partial charge in [-0.05, 0) is 178 Å². The Labute approximate surface area is 568 Å². The van der Waals surface area contributed by atoms with Crippen molar-refractivity contribution >= 4 is 0 Å². The van der Waals surface area contributed by atoms with Gasteiger partial charge >= 0.3 is 0 Å². The zero-order valence-corrected chi connectivity index (χ0v) is 53.5. The van der Waals surface area contributed by atoms with Crippen LogP contribution in [-0.4, -0.2) is 0 Å². The summed E-state index contributed by atoms with van der Waals surface area (Å²) in [5, 5.41) is 0. The number of fused-ring (bicyclic) bond motifs is 10. The molecule has 0 aliphatic heterocycles. The van der Waals surface area contributed by atoms with Crippen LogP contribution in [0.5, 0.6) is 0 Å². The second-order valence-electron chi connectivity index (χ2n) is 25.5. The highest BCUT2D eigenvalue weighted by atomic mass is 14.6. The van der Waals surface area contributed by atoms with E-state index in [4.69, 9.17) is 0 Å². The minimum absolute atomic E-state index is 0.935. The highest BCUT2D eigenvalue weighted by molar-refractivity contribution is 6.21. The average molecular weight is 1230 g/mol. The Kier molecular flexibility index (Phi) is 14.2. The summed E-state index contributed by atoms with van der Waals surface area (Å²) in [4.78, 5) is 0. The fraction of sp³-hybridized carbons (Fsp3) is 0.0103. The molecule has 16 aromatic rings. The molecule has 0 aromatic heterocycles. The molecule has 0 N–H and O–H groups in total. The summed E-state index contributed by atoms with van der Waals surface area (Å²) >= 11 is 0. The van der Waals surface area contributed by atoms with Gasteiger partial charge in [0.2, 0.25) is 0 Å². The van der Waals surface area contributed by atoms with Gasteiger partial charge in [0.15, 0.2) is 0 Å². The van der Waals surface area contributed by atoms with Crippen molar-refractivity contribution in [2.45, 2.75) is 5.41 Å². The van der Waals surface area contributed by atoms with Crippen molar-refractivity contribution in [2.24, 2.45) is 0 Å². The van der Waals surface area contributed by atoms with E-state index in [1.165, 1.54) is 66.8 Å². The molecule has 18 rings (SSSR count). The normalized spacial score (nSPS) is 12.2. The molecule has 0 unspecified atom stereocenters. The maximum atomic E-state index is 2.56. The molecule has 0 bridgehead atoms. The first-order valence-corrected chi connectivity index (χ1v) is 33.7. The van der Waals surface area contributed by atoms with E-state index in [0.29, 0.717) is 0 Å². The van der Waals surface area contributed by atoms with Crippen LogP contribution in [0.4, 0.5) is 0 Å². The van der Waals surface area contributed by atoms with Crippen molar-refractivity contribution in [1.82, 2.24) is 0 Å². The van der Waals surface area contributed by atoms with Crippen molar-refractivity contribution in [3.63, 3.8) is 0 Å². The summed E-state index contributed by atoms with van der Waals surface area (Å²) < 4.78 is 0. The van der Waals surface area contributed by atoms with Gasteiger partial charge in [-0.25, -0.2) is 0 Å². The molecule has 0 amide bonds. The predicted octanol–water partition coefficient (Wildman–Crippen LogP) is 26.0. The molecule has 0 atom stereocenters. The molecular formula is C97H64. The zero-order chi connectivity index (χ0) is 64.2. The zero-order valence-electron chi connectivity index (χ0n) is 53.5. The Balaban J connectivity index is 1.19. The molecule has 2 aliphatic rings. The molecule has 0 saturated heterocycles. The van der Waals surface area contributed by atoms with E-state index in [1.807, 2.05) is 0 Å². The van der Waals surface area contributed by atoms with Gasteiger partial charge in [0.25, 0.3) is 0 Å². The number of hydrogen-bond donors (Lipinski definition) is 0. The Bertz CT molecular complexity index is 5600. The standard InChI is InChI=1S/C97H64/c1-7-35-65(36-8-1)71-47-19-25-53-77(71)85-63-64-88-94(89(85)80-56-26-20-48-72(80)66-37-9-2-10-38-66)95-92(83-59-29-23-51-75(83)69-43-15-5-16-44-69)90(81-57-27-21-49-73(81)67-39-11-3-12-40-67)91(82-58-28-22-50-74(82)68-41-13-4-14-42-68)93(84-60-30-24-52-76(84)70-45-17-6-18-46-70)96(95)97(88)86-61-33-31-54-78(86)79-55-32-34-62-87(79)97/h1-64H. The van der Waals surface area contributed by atoms with Crippen LogP contribution in [0.15, 0.2) is 388 Å². The highest BCUT2D eigenvalue weighted by Gasteiger charge is 2.56. The minimum atomic E-state index is -0.935. The summed E-state index contributed by atoms with van der Waals surface area (Å²) in [5.74, 6) is 0. The Morgan fingerprint density at radius 1 is 0.113 bits per heavy atom. The van der Waals surface area contributed by atoms with Crippen LogP contribution < -0.4 is 0 Å². The van der Waals surface area contributed by atoms with Crippen LogP contribution in [0.1, 0.15) is 22.3 Å².